The first-order valence-corrected chi connectivity index (χ1v) is 38.1. The Kier molecular flexibility index (Phi) is 57.3. The molecule has 2 rings (SSSR count). The first-order valence-electron chi connectivity index (χ1n) is 34.8. The molecular weight excluding hydrogens is 1350 g/mol. The number of unbranched alkanes of at least 4 members (excludes halogenated alkanes) is 2. The number of hydrogen-bond donors (Lipinski definition) is 7. The zero-order chi connectivity index (χ0) is 74.2. The summed E-state index contributed by atoms with van der Waals surface area (Å²) < 4.78 is 42.7. The molecule has 0 bridgehead atoms. The summed E-state index contributed by atoms with van der Waals surface area (Å²) in [7, 11) is -2.39. The molecular formula is C66H119ClN12O18P2. The summed E-state index contributed by atoms with van der Waals surface area (Å²) in [6.45, 7) is 27.2. The summed E-state index contributed by atoms with van der Waals surface area (Å²) >= 11 is 6.13. The number of aliphatic hydroxyl groups excluding tert-OH is 1. The predicted octanol–water partition coefficient (Wildman–Crippen LogP) is 5.08. The van der Waals surface area contributed by atoms with Crippen molar-refractivity contribution in [3.05, 3.63) is 0 Å². The van der Waals surface area contributed by atoms with Crippen LogP contribution in [-0.2, 0) is 80.5 Å². The SMILES string of the molecule is CC(C)N(C(C)C)P(Cl)OCCC#N.CC(C)N(C(C)C)P(OCCC#N)OCCOCCOCCNC(=O)CNC(=O)CNC(=O)CCC(=O)CCCCC(=O)N1CC[C@H](C)C1.C[C@H]1CCN(C(=O)CCCCC(=O)CCC(=O)NCC(=O)NCC(=O)NCCOCCOCCO)C1. The smallest absolute Gasteiger partial charge is 0.259 e. The summed E-state index contributed by atoms with van der Waals surface area (Å²) in [5, 5.41) is 40.6. The zero-order valence-electron chi connectivity index (χ0n) is 60.7. The number of nitrogens with zero attached hydrogens (tertiary/aromatic N) is 6. The molecule has 0 aromatic rings. The molecule has 0 radical (unpaired) electrons. The molecule has 99 heavy (non-hydrogen) atoms. The minimum atomic E-state index is -1.31. The maximum atomic E-state index is 12.2. The largest absolute Gasteiger partial charge is 0.394 e. The number of Topliss-reactive ketones (excluding diaryl/α,β-unsaturated/α-hetero) is 2. The molecule has 2 unspecified atom stereocenters. The molecule has 7 N–H and O–H groups in total. The molecule has 4 atom stereocenters. The number of amides is 8. The minimum Gasteiger partial charge on any atom is -0.394 e. The fourth-order valence-corrected chi connectivity index (χ4v) is 13.6. The highest BCUT2D eigenvalue weighted by Crippen LogP contribution is 2.49. The van der Waals surface area contributed by atoms with Crippen molar-refractivity contribution in [2.24, 2.45) is 11.8 Å². The van der Waals surface area contributed by atoms with E-state index in [0.29, 0.717) is 141 Å². The van der Waals surface area contributed by atoms with Crippen LogP contribution in [0, 0.1) is 34.5 Å². The first kappa shape index (κ1) is 93.8. The average molecular weight is 1470 g/mol. The highest BCUT2D eigenvalue weighted by molar-refractivity contribution is 7.78. The van der Waals surface area contributed by atoms with Gasteiger partial charge >= 0.3 is 0 Å². The summed E-state index contributed by atoms with van der Waals surface area (Å²) in [6, 6.07) is 5.26. The van der Waals surface area contributed by atoms with Crippen LogP contribution in [-0.4, -0.2) is 252 Å². The molecule has 0 aromatic carbocycles. The minimum absolute atomic E-state index is 0.0117. The number of ether oxygens (including phenoxy) is 4. The molecule has 8 amide bonds. The third kappa shape index (κ3) is 51.6. The van der Waals surface area contributed by atoms with E-state index in [0.717, 1.165) is 39.0 Å². The van der Waals surface area contributed by atoms with Crippen LogP contribution in [0.15, 0.2) is 0 Å². The number of carbonyl (C=O) groups excluding carboxylic acids is 10. The number of ketones is 2. The topological polar surface area (TPSA) is 388 Å². The number of likely N-dealkylation sites (tertiary alicyclic amines) is 2. The quantitative estimate of drug-likeness (QED) is 0.0308. The van der Waals surface area contributed by atoms with Gasteiger partial charge in [-0.25, -0.2) is 9.34 Å². The van der Waals surface area contributed by atoms with E-state index in [1.165, 1.54) is 0 Å². The Balaban J connectivity index is 0.00000167. The van der Waals surface area contributed by atoms with Gasteiger partial charge in [0.25, 0.3) is 8.53 Å². The molecule has 33 heteroatoms. The number of nitriles is 2. The van der Waals surface area contributed by atoms with Gasteiger partial charge in [-0.05, 0) is 117 Å². The molecule has 0 aromatic heterocycles. The molecule has 2 aliphatic heterocycles. The molecule has 2 aliphatic rings. The lowest BCUT2D eigenvalue weighted by molar-refractivity contribution is -0.131. The highest BCUT2D eigenvalue weighted by Gasteiger charge is 2.28. The molecule has 2 saturated heterocycles. The lowest BCUT2D eigenvalue weighted by Gasteiger charge is -2.35. The Hall–Kier alpha value is -5.17. The maximum absolute atomic E-state index is 12.2. The van der Waals surface area contributed by atoms with E-state index >= 15 is 0 Å². The van der Waals surface area contributed by atoms with Gasteiger partial charge in [-0.15, -0.1) is 0 Å². The second-order valence-electron chi connectivity index (χ2n) is 24.9. The van der Waals surface area contributed by atoms with E-state index < -0.39 is 51.6 Å². The molecule has 568 valence electrons. The highest BCUT2D eigenvalue weighted by atomic mass is 35.7. The van der Waals surface area contributed by atoms with Gasteiger partial charge < -0.3 is 79.3 Å². The van der Waals surface area contributed by atoms with Crippen molar-refractivity contribution in [3.63, 3.8) is 0 Å². The summed E-state index contributed by atoms with van der Waals surface area (Å²) in [5.74, 6) is -1.37. The molecule has 0 spiro atoms. The summed E-state index contributed by atoms with van der Waals surface area (Å²) in [4.78, 5) is 123. The van der Waals surface area contributed by atoms with Crippen molar-refractivity contribution >= 4 is 86.2 Å². The van der Waals surface area contributed by atoms with Gasteiger partial charge in [-0.3, -0.25) is 47.9 Å². The third-order valence-corrected chi connectivity index (χ3v) is 19.3. The van der Waals surface area contributed by atoms with Crippen molar-refractivity contribution in [2.45, 2.75) is 196 Å². The molecule has 2 fully saturated rings. The van der Waals surface area contributed by atoms with Crippen LogP contribution in [0.25, 0.3) is 0 Å². The zero-order valence-corrected chi connectivity index (χ0v) is 63.2. The van der Waals surface area contributed by atoms with Crippen LogP contribution >= 0.6 is 27.4 Å². The van der Waals surface area contributed by atoms with E-state index in [9.17, 15) is 47.9 Å². The Labute approximate surface area is 595 Å². The van der Waals surface area contributed by atoms with Crippen LogP contribution in [0.4, 0.5) is 0 Å². The second kappa shape index (κ2) is 60.4. The van der Waals surface area contributed by atoms with Gasteiger partial charge in [0.1, 0.15) is 11.6 Å². The van der Waals surface area contributed by atoms with Gasteiger partial charge in [0.15, 0.2) is 0 Å². The van der Waals surface area contributed by atoms with Crippen LogP contribution in [0.2, 0.25) is 0 Å². The van der Waals surface area contributed by atoms with Gasteiger partial charge in [-0.1, -0.05) is 13.8 Å². The predicted molar refractivity (Wildman–Crippen MR) is 377 cm³/mol. The van der Waals surface area contributed by atoms with E-state index in [4.69, 9.17) is 59.4 Å². The van der Waals surface area contributed by atoms with Crippen LogP contribution in [0.1, 0.15) is 172 Å². The van der Waals surface area contributed by atoms with Crippen molar-refractivity contribution < 1.29 is 85.6 Å². The second-order valence-corrected chi connectivity index (χ2v) is 28.3. The van der Waals surface area contributed by atoms with Crippen molar-refractivity contribution in [3.8, 4) is 12.1 Å². The van der Waals surface area contributed by atoms with Crippen molar-refractivity contribution in [2.75, 3.05) is 145 Å². The van der Waals surface area contributed by atoms with E-state index in [1.807, 2.05) is 15.9 Å². The van der Waals surface area contributed by atoms with Gasteiger partial charge in [0.05, 0.1) is 130 Å². The number of hydrogen-bond acceptors (Lipinski definition) is 22. The number of carbonyl (C=O) groups is 10. The monoisotopic (exact) mass is 1460 g/mol. The Morgan fingerprint density at radius 1 is 0.455 bits per heavy atom. The van der Waals surface area contributed by atoms with Gasteiger partial charge in [-0.2, -0.15) is 10.5 Å². The fourth-order valence-electron chi connectivity index (χ4n) is 9.65. The first-order chi connectivity index (χ1) is 47.3. The Morgan fingerprint density at radius 2 is 0.798 bits per heavy atom. The van der Waals surface area contributed by atoms with Gasteiger partial charge in [0.2, 0.25) is 54.9 Å². The fraction of sp³-hybridized carbons (Fsp3) is 0.818. The van der Waals surface area contributed by atoms with Crippen LogP contribution in [0.5, 0.6) is 0 Å². The van der Waals surface area contributed by atoms with E-state index in [1.54, 1.807) is 0 Å². The van der Waals surface area contributed by atoms with Crippen molar-refractivity contribution in [1.29, 1.82) is 10.5 Å². The standard InChI is InChI=1S/C33H59N6O9P.C24H42N4O8.C9H18ClN2OP/c1-26(2)39(27(3)4)49(47-17-8-14-34)48-22-21-46-20-19-45-18-15-35-31(42)23-37-32(43)24-36-30(41)12-11-29(40)9-6-7-10-33(44)38-16-13-28(5)25-38;1-19-8-10-28(18-19)24(34)5-3-2-4-20(30)6-7-21(31)26-17-23(33)27-16-22(32)25-9-12-35-14-15-36-13-11-29;1-8(2)12(9(3)4)14(10)13-7-5-6-11/h26-28H,6-13,15-25H2,1-5H3,(H,35,42)(H,36,41)(H,37,43);19,29H,2-18H2,1H3,(H,25,32)(H,26,31)(H,27,33);8-9H,5,7H2,1-4H3/t28-,49?;19-;/m00./s1. The number of nitrogens with one attached hydrogen (secondary N) is 6. The molecule has 0 saturated carbocycles. The van der Waals surface area contributed by atoms with Crippen LogP contribution < -0.4 is 31.9 Å². The molecule has 0 aliphatic carbocycles. The number of aliphatic hydroxyl groups is 1. The molecule has 30 nitrogen and oxygen atoms in total. The normalized spacial score (nSPS) is 14.8. The third-order valence-electron chi connectivity index (χ3n) is 14.7. The molecule has 2 heterocycles. The van der Waals surface area contributed by atoms with Crippen molar-refractivity contribution in [1.82, 2.24) is 51.0 Å². The summed E-state index contributed by atoms with van der Waals surface area (Å²) in [6.07, 6.45) is 6.98. The lowest BCUT2D eigenvalue weighted by Crippen LogP contribution is -2.42. The van der Waals surface area contributed by atoms with Gasteiger partial charge in [0, 0.05) is 115 Å². The average Bonchev–Trinajstić information content (AvgIpc) is 1.86. The van der Waals surface area contributed by atoms with E-state index in [-0.39, 0.29) is 127 Å². The number of rotatable bonds is 54. The Morgan fingerprint density at radius 3 is 1.17 bits per heavy atom. The maximum Gasteiger partial charge on any atom is 0.259 e. The van der Waals surface area contributed by atoms with E-state index in [2.05, 4.69) is 117 Å². The Bertz CT molecular complexity index is 2380. The van der Waals surface area contributed by atoms with Crippen LogP contribution in [0.3, 0.4) is 0 Å². The number of halogens is 1. The summed E-state index contributed by atoms with van der Waals surface area (Å²) in [5.41, 5.74) is 0. The lowest BCUT2D eigenvalue weighted by atomic mass is 10.1.